The van der Waals surface area contributed by atoms with Gasteiger partial charge in [0.05, 0.1) is 12.2 Å². The normalized spacial score (nSPS) is 10.4. The number of phenols is 1. The first-order chi connectivity index (χ1) is 8.60. The van der Waals surface area contributed by atoms with Gasteiger partial charge in [-0.2, -0.15) is 0 Å². The molecule has 0 saturated heterocycles. The number of aliphatic hydroxyl groups is 1. The number of hydrogen-bond acceptors (Lipinski definition) is 3. The van der Waals surface area contributed by atoms with Crippen molar-refractivity contribution in [2.45, 2.75) is 19.8 Å². The number of rotatable bonds is 6. The molecule has 0 spiro atoms. The van der Waals surface area contributed by atoms with Crippen molar-refractivity contribution in [3.63, 3.8) is 0 Å². The number of carbonyl (C=O) groups is 1. The quantitative estimate of drug-likeness (QED) is 0.814. The minimum absolute atomic E-state index is 0.0858. The summed E-state index contributed by atoms with van der Waals surface area (Å²) in [4.78, 5) is 13.5. The highest BCUT2D eigenvalue weighted by Gasteiger charge is 2.18. The third-order valence-corrected chi connectivity index (χ3v) is 2.62. The molecule has 100 valence electrons. The molecule has 1 aromatic carbocycles. The summed E-state index contributed by atoms with van der Waals surface area (Å²) in [5.74, 6) is -1.43. The van der Waals surface area contributed by atoms with Crippen LogP contribution in [0.1, 0.15) is 30.1 Å². The Morgan fingerprint density at radius 2 is 2.11 bits per heavy atom. The second-order valence-electron chi connectivity index (χ2n) is 4.03. The zero-order valence-corrected chi connectivity index (χ0v) is 10.4. The molecule has 0 aliphatic heterocycles. The van der Waals surface area contributed by atoms with Gasteiger partial charge in [0.1, 0.15) is 11.6 Å². The summed E-state index contributed by atoms with van der Waals surface area (Å²) in [7, 11) is 0. The zero-order chi connectivity index (χ0) is 13.5. The Bertz CT molecular complexity index is 409. The van der Waals surface area contributed by atoms with E-state index in [0.717, 1.165) is 18.9 Å². The first kappa shape index (κ1) is 14.4. The van der Waals surface area contributed by atoms with E-state index in [1.54, 1.807) is 0 Å². The fraction of sp³-hybridized carbons (Fsp3) is 0.462. The number of nitrogens with zero attached hydrogens (tertiary/aromatic N) is 1. The van der Waals surface area contributed by atoms with Crippen molar-refractivity contribution in [1.29, 1.82) is 0 Å². The Kier molecular flexibility index (Phi) is 5.58. The SMILES string of the molecule is CCCCN(CCO)C(=O)c1ccc(O)cc1F. The van der Waals surface area contributed by atoms with Gasteiger partial charge in [0.25, 0.3) is 5.91 Å². The monoisotopic (exact) mass is 255 g/mol. The van der Waals surface area contributed by atoms with E-state index in [2.05, 4.69) is 0 Å². The first-order valence-electron chi connectivity index (χ1n) is 5.98. The van der Waals surface area contributed by atoms with E-state index in [9.17, 15) is 9.18 Å². The Morgan fingerprint density at radius 3 is 2.67 bits per heavy atom. The van der Waals surface area contributed by atoms with E-state index in [1.165, 1.54) is 17.0 Å². The standard InChI is InChI=1S/C13H18FNO3/c1-2-3-6-15(7-8-16)13(18)11-5-4-10(17)9-12(11)14/h4-5,9,16-17H,2-3,6-8H2,1H3. The Hall–Kier alpha value is -1.62. The number of amides is 1. The molecule has 0 heterocycles. The van der Waals surface area contributed by atoms with E-state index < -0.39 is 11.7 Å². The van der Waals surface area contributed by atoms with Crippen molar-refractivity contribution < 1.29 is 19.4 Å². The number of benzene rings is 1. The predicted molar refractivity (Wildman–Crippen MR) is 66.0 cm³/mol. The van der Waals surface area contributed by atoms with Crippen LogP contribution in [0.25, 0.3) is 0 Å². The van der Waals surface area contributed by atoms with Crippen LogP contribution in [-0.2, 0) is 0 Å². The lowest BCUT2D eigenvalue weighted by atomic mass is 10.1. The van der Waals surface area contributed by atoms with Crippen molar-refractivity contribution in [3.05, 3.63) is 29.6 Å². The molecule has 0 saturated carbocycles. The van der Waals surface area contributed by atoms with Crippen molar-refractivity contribution in [2.75, 3.05) is 19.7 Å². The molecule has 0 aliphatic carbocycles. The van der Waals surface area contributed by atoms with Gasteiger partial charge in [0, 0.05) is 19.2 Å². The van der Waals surface area contributed by atoms with Gasteiger partial charge in [0.2, 0.25) is 0 Å². The lowest BCUT2D eigenvalue weighted by Gasteiger charge is -2.21. The third kappa shape index (κ3) is 3.70. The maximum atomic E-state index is 13.6. The van der Waals surface area contributed by atoms with E-state index >= 15 is 0 Å². The van der Waals surface area contributed by atoms with Crippen LogP contribution in [0.4, 0.5) is 4.39 Å². The van der Waals surface area contributed by atoms with Gasteiger partial charge >= 0.3 is 0 Å². The van der Waals surface area contributed by atoms with Gasteiger partial charge in [-0.1, -0.05) is 13.3 Å². The molecule has 18 heavy (non-hydrogen) atoms. The van der Waals surface area contributed by atoms with E-state index in [1.807, 2.05) is 6.92 Å². The van der Waals surface area contributed by atoms with Crippen LogP contribution in [0.2, 0.25) is 0 Å². The fourth-order valence-electron chi connectivity index (χ4n) is 1.63. The predicted octanol–water partition coefficient (Wildman–Crippen LogP) is 1.77. The molecule has 1 rings (SSSR count). The molecule has 0 unspecified atom stereocenters. The van der Waals surface area contributed by atoms with Crippen molar-refractivity contribution in [3.8, 4) is 5.75 Å². The lowest BCUT2D eigenvalue weighted by Crippen LogP contribution is -2.34. The smallest absolute Gasteiger partial charge is 0.256 e. The van der Waals surface area contributed by atoms with Gasteiger partial charge in [0.15, 0.2) is 0 Å². The highest BCUT2D eigenvalue weighted by Crippen LogP contribution is 2.17. The number of phenolic OH excluding ortho intramolecular Hbond substituents is 1. The first-order valence-corrected chi connectivity index (χ1v) is 5.98. The summed E-state index contributed by atoms with van der Waals surface area (Å²) in [5.41, 5.74) is -0.0858. The molecule has 0 aromatic heterocycles. The fourth-order valence-corrected chi connectivity index (χ4v) is 1.63. The molecular formula is C13H18FNO3. The topological polar surface area (TPSA) is 60.8 Å². The molecule has 0 atom stereocenters. The Morgan fingerprint density at radius 1 is 1.39 bits per heavy atom. The number of unbranched alkanes of at least 4 members (excludes halogenated alkanes) is 1. The summed E-state index contributed by atoms with van der Waals surface area (Å²) in [6, 6.07) is 3.43. The summed E-state index contributed by atoms with van der Waals surface area (Å²) < 4.78 is 13.6. The second kappa shape index (κ2) is 6.96. The van der Waals surface area contributed by atoms with Gasteiger partial charge < -0.3 is 15.1 Å². The van der Waals surface area contributed by atoms with Crippen LogP contribution in [0.15, 0.2) is 18.2 Å². The number of carbonyl (C=O) groups excluding carboxylic acids is 1. The van der Waals surface area contributed by atoms with Crippen molar-refractivity contribution >= 4 is 5.91 Å². The van der Waals surface area contributed by atoms with Crippen LogP contribution in [0, 0.1) is 5.82 Å². The van der Waals surface area contributed by atoms with Crippen LogP contribution in [0.3, 0.4) is 0 Å². The Balaban J connectivity index is 2.87. The zero-order valence-electron chi connectivity index (χ0n) is 10.4. The molecule has 5 heteroatoms. The van der Waals surface area contributed by atoms with Gasteiger partial charge in [-0.25, -0.2) is 4.39 Å². The Labute approximate surface area is 106 Å². The molecule has 0 fully saturated rings. The van der Waals surface area contributed by atoms with E-state index in [-0.39, 0.29) is 24.5 Å². The summed E-state index contributed by atoms with van der Waals surface area (Å²) in [5, 5.41) is 18.0. The molecule has 0 radical (unpaired) electrons. The number of hydrogen-bond donors (Lipinski definition) is 2. The van der Waals surface area contributed by atoms with Crippen LogP contribution < -0.4 is 0 Å². The van der Waals surface area contributed by atoms with Gasteiger partial charge in [-0.05, 0) is 18.6 Å². The summed E-state index contributed by atoms with van der Waals surface area (Å²) >= 11 is 0. The van der Waals surface area contributed by atoms with Crippen LogP contribution in [-0.4, -0.2) is 40.7 Å². The second-order valence-corrected chi connectivity index (χ2v) is 4.03. The van der Waals surface area contributed by atoms with Crippen LogP contribution >= 0.6 is 0 Å². The van der Waals surface area contributed by atoms with Crippen molar-refractivity contribution in [1.82, 2.24) is 4.90 Å². The average Bonchev–Trinajstić information content (AvgIpc) is 2.33. The maximum Gasteiger partial charge on any atom is 0.256 e. The highest BCUT2D eigenvalue weighted by molar-refractivity contribution is 5.94. The highest BCUT2D eigenvalue weighted by atomic mass is 19.1. The largest absolute Gasteiger partial charge is 0.508 e. The minimum Gasteiger partial charge on any atom is -0.508 e. The number of aliphatic hydroxyl groups excluding tert-OH is 1. The molecular weight excluding hydrogens is 237 g/mol. The summed E-state index contributed by atoms with van der Waals surface area (Å²) in [6.07, 6.45) is 1.71. The average molecular weight is 255 g/mol. The molecule has 1 amide bonds. The third-order valence-electron chi connectivity index (χ3n) is 2.62. The van der Waals surface area contributed by atoms with Gasteiger partial charge in [-0.15, -0.1) is 0 Å². The summed E-state index contributed by atoms with van der Waals surface area (Å²) in [6.45, 7) is 2.49. The molecule has 0 aliphatic rings. The van der Waals surface area contributed by atoms with Crippen LogP contribution in [0.5, 0.6) is 5.75 Å². The number of aromatic hydroxyl groups is 1. The number of halogens is 1. The van der Waals surface area contributed by atoms with E-state index in [4.69, 9.17) is 10.2 Å². The maximum absolute atomic E-state index is 13.6. The van der Waals surface area contributed by atoms with Gasteiger partial charge in [-0.3, -0.25) is 4.79 Å². The minimum atomic E-state index is -0.751. The molecule has 0 bridgehead atoms. The van der Waals surface area contributed by atoms with E-state index in [0.29, 0.717) is 6.54 Å². The van der Waals surface area contributed by atoms with Crippen molar-refractivity contribution in [2.24, 2.45) is 0 Å². The lowest BCUT2D eigenvalue weighted by molar-refractivity contribution is 0.0714. The molecule has 4 nitrogen and oxygen atoms in total. The molecule has 1 aromatic rings. The molecule has 2 N–H and O–H groups in total.